The van der Waals surface area contributed by atoms with E-state index in [1.807, 2.05) is 42.1 Å². The van der Waals surface area contributed by atoms with Crippen LogP contribution in [0.4, 0.5) is 0 Å². The van der Waals surface area contributed by atoms with Crippen molar-refractivity contribution in [2.24, 2.45) is 0 Å². The number of carbonyl (C=O) groups excluding carboxylic acids is 3. The summed E-state index contributed by atoms with van der Waals surface area (Å²) >= 11 is 0. The van der Waals surface area contributed by atoms with Crippen LogP contribution < -0.4 is 4.74 Å². The molecule has 0 aliphatic carbocycles. The van der Waals surface area contributed by atoms with Crippen LogP contribution in [0.2, 0.25) is 0 Å². The number of hydrogen-bond donors (Lipinski definition) is 0. The van der Waals surface area contributed by atoms with E-state index >= 15 is 0 Å². The predicted molar refractivity (Wildman–Crippen MR) is 119 cm³/mol. The normalized spacial score (nSPS) is 24.2. The SMILES string of the molecule is CC[C@@H]1CCCCN1C(=O)C[C@@]1(c2cccc(OC)c2)CC(=O)N(CCN(C)C)C1=O. The molecule has 0 radical (unpaired) electrons. The van der Waals surface area contributed by atoms with Gasteiger partial charge in [0.05, 0.1) is 12.5 Å². The second-order valence-corrected chi connectivity index (χ2v) is 8.97. The molecule has 3 amide bonds. The number of likely N-dealkylation sites (tertiary alicyclic amines) is 2. The first-order valence-electron chi connectivity index (χ1n) is 11.3. The average Bonchev–Trinajstić information content (AvgIpc) is 3.01. The smallest absolute Gasteiger partial charge is 0.240 e. The fourth-order valence-electron chi connectivity index (χ4n) is 4.83. The van der Waals surface area contributed by atoms with Gasteiger partial charge in [0.1, 0.15) is 5.75 Å². The van der Waals surface area contributed by atoms with Gasteiger partial charge < -0.3 is 14.5 Å². The highest BCUT2D eigenvalue weighted by Crippen LogP contribution is 2.42. The molecule has 7 heteroatoms. The van der Waals surface area contributed by atoms with Crippen molar-refractivity contribution in [3.8, 4) is 5.75 Å². The molecule has 2 saturated heterocycles. The number of likely N-dealkylation sites (N-methyl/N-ethyl adjacent to an activating group) is 1. The molecule has 2 fully saturated rings. The molecule has 0 spiro atoms. The molecule has 2 aliphatic rings. The van der Waals surface area contributed by atoms with Crippen molar-refractivity contribution in [2.45, 2.75) is 56.9 Å². The van der Waals surface area contributed by atoms with E-state index in [0.717, 1.165) is 32.2 Å². The summed E-state index contributed by atoms with van der Waals surface area (Å²) < 4.78 is 5.37. The topological polar surface area (TPSA) is 70.2 Å². The van der Waals surface area contributed by atoms with Crippen molar-refractivity contribution in [2.75, 3.05) is 40.8 Å². The van der Waals surface area contributed by atoms with E-state index in [1.165, 1.54) is 4.90 Å². The molecule has 0 N–H and O–H groups in total. The largest absolute Gasteiger partial charge is 0.497 e. The molecule has 2 aliphatic heterocycles. The lowest BCUT2D eigenvalue weighted by Crippen LogP contribution is -2.48. The molecular formula is C24H35N3O4. The molecule has 3 rings (SSSR count). The Hall–Kier alpha value is -2.41. The highest BCUT2D eigenvalue weighted by Gasteiger charge is 2.54. The summed E-state index contributed by atoms with van der Waals surface area (Å²) in [6, 6.07) is 7.46. The van der Waals surface area contributed by atoms with Gasteiger partial charge in [0.25, 0.3) is 0 Å². The van der Waals surface area contributed by atoms with Crippen LogP contribution in [0.1, 0.15) is 51.0 Å². The van der Waals surface area contributed by atoms with E-state index in [9.17, 15) is 14.4 Å². The van der Waals surface area contributed by atoms with Gasteiger partial charge in [-0.2, -0.15) is 0 Å². The van der Waals surface area contributed by atoms with Gasteiger partial charge in [-0.3, -0.25) is 19.3 Å². The molecule has 1 aromatic rings. The summed E-state index contributed by atoms with van der Waals surface area (Å²) in [6.07, 6.45) is 4.04. The number of carbonyl (C=O) groups is 3. The molecular weight excluding hydrogens is 394 g/mol. The molecule has 2 heterocycles. The zero-order valence-corrected chi connectivity index (χ0v) is 19.2. The summed E-state index contributed by atoms with van der Waals surface area (Å²) in [6.45, 7) is 3.73. The lowest BCUT2D eigenvalue weighted by Gasteiger charge is -2.37. The second-order valence-electron chi connectivity index (χ2n) is 8.97. The molecule has 170 valence electrons. The van der Waals surface area contributed by atoms with E-state index in [0.29, 0.717) is 24.4 Å². The van der Waals surface area contributed by atoms with Crippen molar-refractivity contribution >= 4 is 17.7 Å². The first-order valence-corrected chi connectivity index (χ1v) is 11.3. The quantitative estimate of drug-likeness (QED) is 0.594. The van der Waals surface area contributed by atoms with E-state index in [-0.39, 0.29) is 36.6 Å². The van der Waals surface area contributed by atoms with Crippen molar-refractivity contribution in [3.63, 3.8) is 0 Å². The summed E-state index contributed by atoms with van der Waals surface area (Å²) in [5, 5.41) is 0. The molecule has 0 unspecified atom stereocenters. The van der Waals surface area contributed by atoms with E-state index in [2.05, 4.69) is 6.92 Å². The van der Waals surface area contributed by atoms with Gasteiger partial charge in [-0.15, -0.1) is 0 Å². The maximum Gasteiger partial charge on any atom is 0.240 e. The Balaban J connectivity index is 1.96. The van der Waals surface area contributed by atoms with E-state index in [1.54, 1.807) is 13.2 Å². The number of amides is 3. The van der Waals surface area contributed by atoms with Crippen LogP contribution in [0, 0.1) is 0 Å². The molecule has 2 atom stereocenters. The highest BCUT2D eigenvalue weighted by atomic mass is 16.5. The van der Waals surface area contributed by atoms with Crippen LogP contribution in [-0.2, 0) is 19.8 Å². The van der Waals surface area contributed by atoms with Crippen molar-refractivity contribution < 1.29 is 19.1 Å². The Morgan fingerprint density at radius 1 is 1.26 bits per heavy atom. The standard InChI is InChI=1S/C24H35N3O4/c1-5-19-10-6-7-12-26(19)21(28)16-24(18-9-8-11-20(15-18)31-4)17-22(29)27(23(24)30)14-13-25(2)3/h8-9,11,15,19H,5-7,10,12-14,16-17H2,1-4H3/t19-,24+/m1/s1. The predicted octanol–water partition coefficient (Wildman–Crippen LogP) is 2.43. The lowest BCUT2D eigenvalue weighted by atomic mass is 9.75. The van der Waals surface area contributed by atoms with Crippen LogP contribution in [0.15, 0.2) is 24.3 Å². The average molecular weight is 430 g/mol. The number of rotatable bonds is 8. The number of piperidine rings is 1. The number of imide groups is 1. The Morgan fingerprint density at radius 2 is 2.03 bits per heavy atom. The maximum atomic E-state index is 13.7. The summed E-state index contributed by atoms with van der Waals surface area (Å²) in [4.78, 5) is 45.3. The fraction of sp³-hybridized carbons (Fsp3) is 0.625. The van der Waals surface area contributed by atoms with Gasteiger partial charge in [-0.1, -0.05) is 19.1 Å². The van der Waals surface area contributed by atoms with Gasteiger partial charge >= 0.3 is 0 Å². The Bertz CT molecular complexity index is 825. The van der Waals surface area contributed by atoms with E-state index < -0.39 is 5.41 Å². The first kappa shape index (κ1) is 23.3. The number of benzene rings is 1. The second kappa shape index (κ2) is 9.81. The number of ether oxygens (including phenoxy) is 1. The van der Waals surface area contributed by atoms with Crippen molar-refractivity contribution in [1.29, 1.82) is 0 Å². The molecule has 0 saturated carbocycles. The number of nitrogens with zero attached hydrogens (tertiary/aromatic N) is 3. The first-order chi connectivity index (χ1) is 14.8. The molecule has 0 bridgehead atoms. The van der Waals surface area contributed by atoms with Crippen LogP contribution in [0.3, 0.4) is 0 Å². The van der Waals surface area contributed by atoms with Gasteiger partial charge in [-0.05, 0) is 57.5 Å². The minimum atomic E-state index is -1.18. The Morgan fingerprint density at radius 3 is 2.71 bits per heavy atom. The van der Waals surface area contributed by atoms with Crippen LogP contribution in [0.5, 0.6) is 5.75 Å². The lowest BCUT2D eigenvalue weighted by molar-refractivity contribution is -0.144. The third kappa shape index (κ3) is 4.76. The Labute approximate surface area is 185 Å². The number of methoxy groups -OCH3 is 1. The highest BCUT2D eigenvalue weighted by molar-refractivity contribution is 6.10. The minimum Gasteiger partial charge on any atom is -0.497 e. The maximum absolute atomic E-state index is 13.7. The van der Waals surface area contributed by atoms with Gasteiger partial charge in [0.2, 0.25) is 17.7 Å². The zero-order valence-electron chi connectivity index (χ0n) is 19.2. The zero-order chi connectivity index (χ0) is 22.6. The molecule has 31 heavy (non-hydrogen) atoms. The van der Waals surface area contributed by atoms with Crippen molar-refractivity contribution in [3.05, 3.63) is 29.8 Å². The van der Waals surface area contributed by atoms with Crippen LogP contribution in [-0.4, -0.2) is 79.3 Å². The monoisotopic (exact) mass is 429 g/mol. The van der Waals surface area contributed by atoms with Gasteiger partial charge in [0, 0.05) is 38.5 Å². The minimum absolute atomic E-state index is 0.0136. The van der Waals surface area contributed by atoms with Crippen molar-refractivity contribution in [1.82, 2.24) is 14.7 Å². The van der Waals surface area contributed by atoms with Gasteiger partial charge in [-0.25, -0.2) is 0 Å². The summed E-state index contributed by atoms with van der Waals surface area (Å²) in [7, 11) is 5.39. The third-order valence-electron chi connectivity index (χ3n) is 6.67. The summed E-state index contributed by atoms with van der Waals surface area (Å²) in [5.74, 6) is 0.0878. The third-order valence-corrected chi connectivity index (χ3v) is 6.67. The van der Waals surface area contributed by atoms with Gasteiger partial charge in [0.15, 0.2) is 0 Å². The number of hydrogen-bond acceptors (Lipinski definition) is 5. The molecule has 0 aromatic heterocycles. The fourth-order valence-corrected chi connectivity index (χ4v) is 4.83. The molecule has 1 aromatic carbocycles. The van der Waals surface area contributed by atoms with E-state index in [4.69, 9.17) is 4.74 Å². The Kier molecular flexibility index (Phi) is 7.36. The summed E-state index contributed by atoms with van der Waals surface area (Å²) in [5.41, 5.74) is -0.499. The van der Waals surface area contributed by atoms with Crippen LogP contribution in [0.25, 0.3) is 0 Å². The molecule has 7 nitrogen and oxygen atoms in total. The van der Waals surface area contributed by atoms with Crippen LogP contribution >= 0.6 is 0 Å².